The van der Waals surface area contributed by atoms with E-state index >= 15 is 0 Å². The third-order valence-corrected chi connectivity index (χ3v) is 3.24. The topological polar surface area (TPSA) is 66.9 Å². The summed E-state index contributed by atoms with van der Waals surface area (Å²) in [6, 6.07) is 9.79. The van der Waals surface area contributed by atoms with Crippen LogP contribution < -0.4 is 10.6 Å². The van der Waals surface area contributed by atoms with Gasteiger partial charge in [-0.25, -0.2) is 9.97 Å². The van der Waals surface area contributed by atoms with E-state index in [4.69, 9.17) is 0 Å². The molecular formula is C17H22N4O. The Hall–Kier alpha value is -2.43. The smallest absolute Gasteiger partial charge is 0.270 e. The first kappa shape index (κ1) is 15.9. The van der Waals surface area contributed by atoms with Crippen molar-refractivity contribution < 1.29 is 4.79 Å². The van der Waals surface area contributed by atoms with E-state index in [1.54, 1.807) is 6.07 Å². The summed E-state index contributed by atoms with van der Waals surface area (Å²) < 4.78 is 0. The zero-order valence-electron chi connectivity index (χ0n) is 13.3. The number of aromatic nitrogens is 2. The van der Waals surface area contributed by atoms with E-state index in [1.807, 2.05) is 26.0 Å². The van der Waals surface area contributed by atoms with Crippen LogP contribution >= 0.6 is 0 Å². The van der Waals surface area contributed by atoms with Gasteiger partial charge in [-0.15, -0.1) is 0 Å². The van der Waals surface area contributed by atoms with Crippen molar-refractivity contribution in [3.8, 4) is 0 Å². The minimum Gasteiger partial charge on any atom is -0.351 e. The molecule has 0 bridgehead atoms. The third kappa shape index (κ3) is 4.28. The van der Waals surface area contributed by atoms with Gasteiger partial charge < -0.3 is 10.6 Å². The lowest BCUT2D eigenvalue weighted by molar-refractivity contribution is 0.0948. The predicted octanol–water partition coefficient (Wildman–Crippen LogP) is 3.23. The molecule has 0 fully saturated rings. The van der Waals surface area contributed by atoms with Crippen LogP contribution in [0.4, 0.5) is 11.6 Å². The lowest BCUT2D eigenvalue weighted by Crippen LogP contribution is -2.25. The Balaban J connectivity index is 2.16. The van der Waals surface area contributed by atoms with Crippen LogP contribution in [0.25, 0.3) is 0 Å². The van der Waals surface area contributed by atoms with Gasteiger partial charge in [0, 0.05) is 17.9 Å². The number of carbonyl (C=O) groups excluding carboxylic acids is 1. The number of aryl methyl sites for hydroxylation is 2. The zero-order chi connectivity index (χ0) is 15.9. The highest BCUT2D eigenvalue weighted by Crippen LogP contribution is 2.15. The molecule has 0 saturated heterocycles. The minimum absolute atomic E-state index is 0.170. The van der Waals surface area contributed by atoms with Crippen LogP contribution in [0.1, 0.15) is 42.0 Å². The predicted molar refractivity (Wildman–Crippen MR) is 88.5 cm³/mol. The molecule has 0 radical (unpaired) electrons. The second-order valence-corrected chi connectivity index (χ2v) is 5.15. The largest absolute Gasteiger partial charge is 0.351 e. The monoisotopic (exact) mass is 298 g/mol. The number of carbonyl (C=O) groups is 1. The van der Waals surface area contributed by atoms with Crippen LogP contribution in [0.2, 0.25) is 0 Å². The van der Waals surface area contributed by atoms with Gasteiger partial charge in [0.2, 0.25) is 5.95 Å². The molecule has 2 N–H and O–H groups in total. The molecule has 2 rings (SSSR count). The van der Waals surface area contributed by atoms with Gasteiger partial charge >= 0.3 is 0 Å². The van der Waals surface area contributed by atoms with E-state index in [-0.39, 0.29) is 5.91 Å². The summed E-state index contributed by atoms with van der Waals surface area (Å²) in [5.74, 6) is 0.266. The maximum Gasteiger partial charge on any atom is 0.270 e. The fraction of sp³-hybridized carbons (Fsp3) is 0.353. The first-order chi connectivity index (χ1) is 10.6. The fourth-order valence-corrected chi connectivity index (χ4v) is 2.02. The van der Waals surface area contributed by atoms with Gasteiger partial charge in [0.1, 0.15) is 5.69 Å². The highest BCUT2D eigenvalue weighted by molar-refractivity contribution is 5.92. The highest BCUT2D eigenvalue weighted by atomic mass is 16.1. The number of rotatable bonds is 6. The van der Waals surface area contributed by atoms with E-state index < -0.39 is 0 Å². The lowest BCUT2D eigenvalue weighted by atomic mass is 10.1. The summed E-state index contributed by atoms with van der Waals surface area (Å²) in [7, 11) is 0. The number of hydrogen-bond acceptors (Lipinski definition) is 4. The molecule has 5 heteroatoms. The first-order valence-electron chi connectivity index (χ1n) is 7.62. The van der Waals surface area contributed by atoms with Crippen LogP contribution in [0.3, 0.4) is 0 Å². The van der Waals surface area contributed by atoms with Crippen molar-refractivity contribution in [3.05, 3.63) is 47.3 Å². The molecular weight excluding hydrogens is 276 g/mol. The standard InChI is InChI=1S/C17H22N4O/c1-4-10-18-16(22)15-11-12(3)19-17(21-15)20-14-8-6-13(5-2)7-9-14/h6-9,11H,4-5,10H2,1-3H3,(H,18,22)(H,19,20,21). The molecule has 22 heavy (non-hydrogen) atoms. The Morgan fingerprint density at radius 2 is 1.86 bits per heavy atom. The Kier molecular flexibility index (Phi) is 5.47. The third-order valence-electron chi connectivity index (χ3n) is 3.24. The SMILES string of the molecule is CCCNC(=O)c1cc(C)nc(Nc2ccc(CC)cc2)n1. The van der Waals surface area contributed by atoms with Crippen LogP contribution in [-0.4, -0.2) is 22.4 Å². The molecule has 0 aliphatic heterocycles. The molecule has 1 aromatic heterocycles. The van der Waals surface area contributed by atoms with E-state index in [1.165, 1.54) is 5.56 Å². The number of nitrogens with zero attached hydrogens (tertiary/aromatic N) is 2. The van der Waals surface area contributed by atoms with Crippen molar-refractivity contribution in [1.82, 2.24) is 15.3 Å². The highest BCUT2D eigenvalue weighted by Gasteiger charge is 2.10. The Labute approximate surface area is 131 Å². The normalized spacial score (nSPS) is 10.3. The van der Waals surface area contributed by atoms with Gasteiger partial charge in [0.25, 0.3) is 5.91 Å². The van der Waals surface area contributed by atoms with E-state index in [0.29, 0.717) is 18.2 Å². The van der Waals surface area contributed by atoms with Crippen LogP contribution in [0.5, 0.6) is 0 Å². The minimum atomic E-state index is -0.170. The summed E-state index contributed by atoms with van der Waals surface area (Å²) in [5.41, 5.74) is 3.32. The van der Waals surface area contributed by atoms with E-state index in [9.17, 15) is 4.79 Å². The molecule has 0 saturated carbocycles. The molecule has 0 aliphatic rings. The molecule has 116 valence electrons. The maximum atomic E-state index is 12.0. The summed E-state index contributed by atoms with van der Waals surface area (Å²) in [6.45, 7) is 6.62. The van der Waals surface area contributed by atoms with Crippen LogP contribution in [0.15, 0.2) is 30.3 Å². The van der Waals surface area contributed by atoms with Crippen molar-refractivity contribution >= 4 is 17.5 Å². The van der Waals surface area contributed by atoms with E-state index in [2.05, 4.69) is 39.7 Å². The van der Waals surface area contributed by atoms with Crippen molar-refractivity contribution in [3.63, 3.8) is 0 Å². The van der Waals surface area contributed by atoms with Gasteiger partial charge in [0.15, 0.2) is 0 Å². The molecule has 1 aromatic carbocycles. The molecule has 5 nitrogen and oxygen atoms in total. The van der Waals surface area contributed by atoms with Crippen molar-refractivity contribution in [2.45, 2.75) is 33.6 Å². The average molecular weight is 298 g/mol. The quantitative estimate of drug-likeness (QED) is 0.859. The molecule has 0 unspecified atom stereocenters. The lowest BCUT2D eigenvalue weighted by Gasteiger charge is -2.09. The number of amides is 1. The number of anilines is 2. The number of hydrogen-bond donors (Lipinski definition) is 2. The van der Waals surface area contributed by atoms with Gasteiger partial charge in [-0.3, -0.25) is 4.79 Å². The summed E-state index contributed by atoms with van der Waals surface area (Å²) >= 11 is 0. The fourth-order valence-electron chi connectivity index (χ4n) is 2.02. The Morgan fingerprint density at radius 1 is 1.14 bits per heavy atom. The Morgan fingerprint density at radius 3 is 2.50 bits per heavy atom. The second-order valence-electron chi connectivity index (χ2n) is 5.15. The summed E-state index contributed by atoms with van der Waals surface area (Å²) in [6.07, 6.45) is 1.90. The zero-order valence-corrected chi connectivity index (χ0v) is 13.3. The molecule has 1 heterocycles. The van der Waals surface area contributed by atoms with Gasteiger partial charge in [0.05, 0.1) is 0 Å². The van der Waals surface area contributed by atoms with Gasteiger partial charge in [-0.1, -0.05) is 26.0 Å². The van der Waals surface area contributed by atoms with E-state index in [0.717, 1.165) is 24.2 Å². The summed E-state index contributed by atoms with van der Waals surface area (Å²) in [4.78, 5) is 20.6. The first-order valence-corrected chi connectivity index (χ1v) is 7.62. The number of benzene rings is 1. The molecule has 0 spiro atoms. The molecule has 2 aromatic rings. The number of nitrogens with one attached hydrogen (secondary N) is 2. The van der Waals surface area contributed by atoms with Crippen LogP contribution in [-0.2, 0) is 6.42 Å². The maximum absolute atomic E-state index is 12.0. The molecule has 0 aliphatic carbocycles. The molecule has 0 atom stereocenters. The van der Waals surface area contributed by atoms with Crippen LogP contribution in [0, 0.1) is 6.92 Å². The van der Waals surface area contributed by atoms with Crippen molar-refractivity contribution in [2.75, 3.05) is 11.9 Å². The van der Waals surface area contributed by atoms with Gasteiger partial charge in [-0.2, -0.15) is 0 Å². The summed E-state index contributed by atoms with van der Waals surface area (Å²) in [5, 5.41) is 5.97. The molecule has 1 amide bonds. The second kappa shape index (κ2) is 7.54. The average Bonchev–Trinajstić information content (AvgIpc) is 2.52. The van der Waals surface area contributed by atoms with Crippen molar-refractivity contribution in [1.29, 1.82) is 0 Å². The van der Waals surface area contributed by atoms with Gasteiger partial charge in [-0.05, 0) is 43.5 Å². The van der Waals surface area contributed by atoms with Crippen molar-refractivity contribution in [2.24, 2.45) is 0 Å². The Bertz CT molecular complexity index is 638.